The topological polar surface area (TPSA) is 43.9 Å². The first kappa shape index (κ1) is 10.4. The van der Waals surface area contributed by atoms with Gasteiger partial charge in [0.15, 0.2) is 0 Å². The highest BCUT2D eigenvalue weighted by Crippen LogP contribution is 2.56. The first-order valence-corrected chi connectivity index (χ1v) is 5.41. The summed E-state index contributed by atoms with van der Waals surface area (Å²) in [5, 5.41) is 0. The second-order valence-electron chi connectivity index (χ2n) is 4.57. The van der Waals surface area contributed by atoms with E-state index in [2.05, 4.69) is 36.0 Å². The lowest BCUT2D eigenvalue weighted by Gasteiger charge is -2.25. The largest absolute Gasteiger partial charge is 0.412 e. The van der Waals surface area contributed by atoms with Crippen LogP contribution in [0.25, 0.3) is 0 Å². The molecule has 2 N–H and O–H groups in total. The lowest BCUT2D eigenvalue weighted by molar-refractivity contribution is 0.527. The molecule has 2 aliphatic rings. The van der Waals surface area contributed by atoms with Gasteiger partial charge in [0.25, 0.3) is 0 Å². The molecule has 0 heterocycles. The summed E-state index contributed by atoms with van der Waals surface area (Å²) in [5.41, 5.74) is 3.50. The molecule has 2 atom stereocenters. The molecule has 0 bridgehead atoms. The van der Waals surface area contributed by atoms with Gasteiger partial charge in [-0.3, -0.25) is 4.99 Å². The number of benzene rings is 1. The number of fused-ring (bicyclic) bond motifs is 2. The molecule has 1 fully saturated rings. The normalized spacial score (nSPS) is 31.6. The molecule has 0 aromatic heterocycles. The number of aliphatic imine (C=N–C) groups is 1. The van der Waals surface area contributed by atoms with E-state index in [9.17, 15) is 0 Å². The van der Waals surface area contributed by atoms with Crippen molar-refractivity contribution in [1.82, 2.24) is 0 Å². The van der Waals surface area contributed by atoms with E-state index in [0.29, 0.717) is 11.5 Å². The summed E-state index contributed by atoms with van der Waals surface area (Å²) in [6.45, 7) is 3.70. The second kappa shape index (κ2) is 3.46. The molecule has 0 amide bonds. The third-order valence-corrected chi connectivity index (χ3v) is 3.88. The molecular formula is C13H17NO. The predicted octanol–water partition coefficient (Wildman–Crippen LogP) is 1.91. The van der Waals surface area contributed by atoms with Crippen LogP contribution in [0.1, 0.15) is 30.4 Å². The van der Waals surface area contributed by atoms with Crippen molar-refractivity contribution in [2.75, 3.05) is 0 Å². The maximum Gasteiger partial charge on any atom is 0.0599 e. The van der Waals surface area contributed by atoms with E-state index < -0.39 is 0 Å². The van der Waals surface area contributed by atoms with Crippen molar-refractivity contribution in [1.29, 1.82) is 0 Å². The highest BCUT2D eigenvalue weighted by atomic mass is 16.0. The summed E-state index contributed by atoms with van der Waals surface area (Å²) < 4.78 is 0. The van der Waals surface area contributed by atoms with Crippen LogP contribution in [-0.2, 0) is 11.8 Å². The SMILES string of the molecule is C=N[C@@H]1C[C@]12CCCc1ccccc12.O. The zero-order valence-corrected chi connectivity index (χ0v) is 8.87. The minimum absolute atomic E-state index is 0. The van der Waals surface area contributed by atoms with Gasteiger partial charge in [-0.2, -0.15) is 0 Å². The van der Waals surface area contributed by atoms with Gasteiger partial charge >= 0.3 is 0 Å². The minimum atomic E-state index is 0. The van der Waals surface area contributed by atoms with Crippen LogP contribution in [0.15, 0.2) is 29.3 Å². The van der Waals surface area contributed by atoms with Gasteiger partial charge in [0.05, 0.1) is 6.04 Å². The lowest BCUT2D eigenvalue weighted by atomic mass is 9.80. The molecule has 3 rings (SSSR count). The van der Waals surface area contributed by atoms with Crippen LogP contribution in [0.4, 0.5) is 0 Å². The van der Waals surface area contributed by atoms with E-state index in [4.69, 9.17) is 0 Å². The standard InChI is InChI=1S/C13H15N.H2O/c1-14-12-9-13(12)8-4-6-10-5-2-3-7-11(10)13;/h2-3,5,7,12H,1,4,6,8-9H2;1H2/t12-,13+;/m1./s1. The van der Waals surface area contributed by atoms with Crippen molar-refractivity contribution in [2.45, 2.75) is 37.1 Å². The molecule has 0 radical (unpaired) electrons. The fraction of sp³-hybridized carbons (Fsp3) is 0.462. The quantitative estimate of drug-likeness (QED) is 0.626. The highest BCUT2D eigenvalue weighted by Gasteiger charge is 2.56. The zero-order chi connectivity index (χ0) is 9.60. The Hall–Kier alpha value is -1.15. The maximum absolute atomic E-state index is 4.23. The Kier molecular flexibility index (Phi) is 2.39. The van der Waals surface area contributed by atoms with Crippen molar-refractivity contribution in [3.05, 3.63) is 35.4 Å². The summed E-state index contributed by atoms with van der Waals surface area (Å²) in [5.74, 6) is 0. The maximum atomic E-state index is 4.23. The van der Waals surface area contributed by atoms with Crippen molar-refractivity contribution in [2.24, 2.45) is 4.99 Å². The van der Waals surface area contributed by atoms with E-state index in [0.717, 1.165) is 0 Å². The number of aryl methyl sites for hydroxylation is 1. The fourth-order valence-corrected chi connectivity index (χ4v) is 3.04. The summed E-state index contributed by atoms with van der Waals surface area (Å²) in [6.07, 6.45) is 5.12. The van der Waals surface area contributed by atoms with Crippen LogP contribution >= 0.6 is 0 Å². The Labute approximate surface area is 90.4 Å². The molecule has 1 aromatic carbocycles. The third-order valence-electron chi connectivity index (χ3n) is 3.88. The molecule has 80 valence electrons. The number of nitrogens with zero attached hydrogens (tertiary/aromatic N) is 1. The van der Waals surface area contributed by atoms with Gasteiger partial charge in [-0.1, -0.05) is 24.3 Å². The number of hydrogen-bond acceptors (Lipinski definition) is 1. The van der Waals surface area contributed by atoms with Crippen LogP contribution < -0.4 is 0 Å². The average molecular weight is 203 g/mol. The Bertz CT molecular complexity index is 388. The zero-order valence-electron chi connectivity index (χ0n) is 8.87. The van der Waals surface area contributed by atoms with E-state index in [1.807, 2.05) is 0 Å². The predicted molar refractivity (Wildman–Crippen MR) is 62.6 cm³/mol. The summed E-state index contributed by atoms with van der Waals surface area (Å²) in [7, 11) is 0. The summed E-state index contributed by atoms with van der Waals surface area (Å²) in [4.78, 5) is 4.23. The minimum Gasteiger partial charge on any atom is -0.412 e. The first-order valence-electron chi connectivity index (χ1n) is 5.41. The van der Waals surface area contributed by atoms with E-state index in [-0.39, 0.29) is 5.48 Å². The molecule has 15 heavy (non-hydrogen) atoms. The second-order valence-corrected chi connectivity index (χ2v) is 4.57. The van der Waals surface area contributed by atoms with Gasteiger partial charge in [0, 0.05) is 5.41 Å². The smallest absolute Gasteiger partial charge is 0.0599 e. The molecule has 0 saturated heterocycles. The Morgan fingerprint density at radius 2 is 2.13 bits per heavy atom. The van der Waals surface area contributed by atoms with E-state index >= 15 is 0 Å². The van der Waals surface area contributed by atoms with E-state index in [1.54, 1.807) is 11.1 Å². The molecule has 0 aliphatic heterocycles. The fourth-order valence-electron chi connectivity index (χ4n) is 3.04. The summed E-state index contributed by atoms with van der Waals surface area (Å²) >= 11 is 0. The van der Waals surface area contributed by atoms with Crippen molar-refractivity contribution >= 4 is 6.72 Å². The van der Waals surface area contributed by atoms with Gasteiger partial charge in [-0.15, -0.1) is 0 Å². The van der Waals surface area contributed by atoms with Crippen molar-refractivity contribution < 1.29 is 5.48 Å². The van der Waals surface area contributed by atoms with Crippen LogP contribution in [0, 0.1) is 0 Å². The average Bonchev–Trinajstić information content (AvgIpc) is 2.94. The van der Waals surface area contributed by atoms with Crippen LogP contribution in [-0.4, -0.2) is 18.2 Å². The van der Waals surface area contributed by atoms with Gasteiger partial charge in [-0.25, -0.2) is 0 Å². The Balaban J connectivity index is 0.000000853. The monoisotopic (exact) mass is 203 g/mol. The molecule has 1 saturated carbocycles. The van der Waals surface area contributed by atoms with Crippen molar-refractivity contribution in [3.8, 4) is 0 Å². The lowest BCUT2D eigenvalue weighted by Crippen LogP contribution is -2.19. The molecular weight excluding hydrogens is 186 g/mol. The molecule has 0 unspecified atom stereocenters. The Morgan fingerprint density at radius 1 is 1.33 bits per heavy atom. The molecule has 2 heteroatoms. The highest BCUT2D eigenvalue weighted by molar-refractivity contribution is 5.45. The van der Waals surface area contributed by atoms with Crippen LogP contribution in [0.5, 0.6) is 0 Å². The van der Waals surface area contributed by atoms with Gasteiger partial charge in [-0.05, 0) is 43.5 Å². The molecule has 1 aromatic rings. The Morgan fingerprint density at radius 3 is 2.87 bits per heavy atom. The number of rotatable bonds is 1. The molecule has 2 aliphatic carbocycles. The third kappa shape index (κ3) is 1.32. The van der Waals surface area contributed by atoms with Crippen LogP contribution in [0.2, 0.25) is 0 Å². The molecule has 2 nitrogen and oxygen atoms in total. The van der Waals surface area contributed by atoms with E-state index in [1.165, 1.54) is 25.7 Å². The number of hydrogen-bond donors (Lipinski definition) is 0. The summed E-state index contributed by atoms with van der Waals surface area (Å²) in [6, 6.07) is 9.37. The van der Waals surface area contributed by atoms with Gasteiger partial charge in [0.1, 0.15) is 0 Å². The first-order chi connectivity index (χ1) is 6.87. The van der Waals surface area contributed by atoms with Crippen LogP contribution in [0.3, 0.4) is 0 Å². The molecule has 1 spiro atoms. The van der Waals surface area contributed by atoms with Gasteiger partial charge < -0.3 is 5.48 Å². The van der Waals surface area contributed by atoms with Crippen molar-refractivity contribution in [3.63, 3.8) is 0 Å². The van der Waals surface area contributed by atoms with Gasteiger partial charge in [0.2, 0.25) is 0 Å².